The fraction of sp³-hybridized carbons (Fsp3) is 0.500. The Morgan fingerprint density at radius 3 is 2.71 bits per heavy atom. The number of methoxy groups -OCH3 is 1. The Bertz CT molecular complexity index is 646. The molecule has 1 aromatic carbocycles. The number of rotatable bonds is 5. The number of anilines is 1. The summed E-state index contributed by atoms with van der Waals surface area (Å²) >= 11 is 0. The van der Waals surface area contributed by atoms with E-state index in [0.29, 0.717) is 12.8 Å². The number of nitro groups is 1. The van der Waals surface area contributed by atoms with Crippen molar-refractivity contribution < 1.29 is 18.1 Å². The molecule has 1 saturated carbocycles. The SMILES string of the molecule is COC1CCC(NS(=O)(=O)c2cc([N+](=O)[O-])ccc2N)C1. The van der Waals surface area contributed by atoms with Crippen LogP contribution < -0.4 is 10.5 Å². The normalized spacial score (nSPS) is 22.3. The zero-order valence-electron chi connectivity index (χ0n) is 11.5. The van der Waals surface area contributed by atoms with E-state index in [1.54, 1.807) is 7.11 Å². The van der Waals surface area contributed by atoms with E-state index in [9.17, 15) is 18.5 Å². The van der Waals surface area contributed by atoms with Crippen LogP contribution in [-0.4, -0.2) is 32.6 Å². The Hall–Kier alpha value is -1.71. The first kappa shape index (κ1) is 15.7. The first-order chi connectivity index (χ1) is 9.83. The van der Waals surface area contributed by atoms with Crippen LogP contribution in [0.3, 0.4) is 0 Å². The lowest BCUT2D eigenvalue weighted by Crippen LogP contribution is -2.33. The van der Waals surface area contributed by atoms with Gasteiger partial charge in [-0.3, -0.25) is 10.1 Å². The van der Waals surface area contributed by atoms with E-state index in [-0.39, 0.29) is 28.4 Å². The van der Waals surface area contributed by atoms with Gasteiger partial charge in [-0.05, 0) is 25.3 Å². The number of nitro benzene ring substituents is 1. The molecule has 21 heavy (non-hydrogen) atoms. The number of ether oxygens (including phenoxy) is 1. The zero-order chi connectivity index (χ0) is 15.6. The van der Waals surface area contributed by atoms with Crippen LogP contribution in [-0.2, 0) is 14.8 Å². The molecule has 116 valence electrons. The molecule has 2 atom stereocenters. The molecule has 8 nitrogen and oxygen atoms in total. The van der Waals surface area contributed by atoms with E-state index in [2.05, 4.69) is 4.72 Å². The van der Waals surface area contributed by atoms with Gasteiger partial charge in [-0.2, -0.15) is 0 Å². The lowest BCUT2D eigenvalue weighted by molar-refractivity contribution is -0.385. The highest BCUT2D eigenvalue weighted by molar-refractivity contribution is 7.89. The molecule has 1 aromatic rings. The van der Waals surface area contributed by atoms with E-state index >= 15 is 0 Å². The van der Waals surface area contributed by atoms with Gasteiger partial charge in [-0.1, -0.05) is 0 Å². The molecule has 2 rings (SSSR count). The number of nitrogens with two attached hydrogens (primary N) is 1. The smallest absolute Gasteiger partial charge is 0.270 e. The van der Waals surface area contributed by atoms with Crippen LogP contribution in [0, 0.1) is 10.1 Å². The minimum Gasteiger partial charge on any atom is -0.398 e. The van der Waals surface area contributed by atoms with Crippen molar-refractivity contribution in [3.8, 4) is 0 Å². The molecule has 2 unspecified atom stereocenters. The summed E-state index contributed by atoms with van der Waals surface area (Å²) in [5.74, 6) is 0. The topological polar surface area (TPSA) is 125 Å². The van der Waals surface area contributed by atoms with E-state index in [1.165, 1.54) is 12.1 Å². The summed E-state index contributed by atoms with van der Waals surface area (Å²) in [6.07, 6.45) is 2.03. The van der Waals surface area contributed by atoms with E-state index in [0.717, 1.165) is 12.5 Å². The predicted octanol–water partition coefficient (Wildman–Crippen LogP) is 1.02. The molecule has 1 aliphatic carbocycles. The van der Waals surface area contributed by atoms with Gasteiger partial charge in [-0.25, -0.2) is 13.1 Å². The second-order valence-corrected chi connectivity index (χ2v) is 6.65. The minimum absolute atomic E-state index is 0.0191. The zero-order valence-corrected chi connectivity index (χ0v) is 12.3. The Morgan fingerprint density at radius 2 is 2.14 bits per heavy atom. The minimum atomic E-state index is -3.90. The summed E-state index contributed by atoms with van der Waals surface area (Å²) in [7, 11) is -2.31. The molecular weight excluding hydrogens is 298 g/mol. The Kier molecular flexibility index (Phi) is 4.45. The third kappa shape index (κ3) is 3.49. The van der Waals surface area contributed by atoms with Crippen molar-refractivity contribution in [1.29, 1.82) is 0 Å². The van der Waals surface area contributed by atoms with Gasteiger partial charge in [0.1, 0.15) is 4.90 Å². The summed E-state index contributed by atoms with van der Waals surface area (Å²) in [4.78, 5) is 9.83. The second-order valence-electron chi connectivity index (χ2n) is 4.97. The van der Waals surface area contributed by atoms with Gasteiger partial charge < -0.3 is 10.5 Å². The highest BCUT2D eigenvalue weighted by Gasteiger charge is 2.30. The molecule has 0 saturated heterocycles. The van der Waals surface area contributed by atoms with Crippen molar-refractivity contribution in [2.24, 2.45) is 0 Å². The van der Waals surface area contributed by atoms with Crippen LogP contribution in [0.2, 0.25) is 0 Å². The van der Waals surface area contributed by atoms with Gasteiger partial charge in [0.15, 0.2) is 0 Å². The molecule has 0 aromatic heterocycles. The predicted molar refractivity (Wildman–Crippen MR) is 76.3 cm³/mol. The molecule has 0 radical (unpaired) electrons. The number of non-ortho nitro benzene ring substituents is 1. The number of hydrogen-bond acceptors (Lipinski definition) is 6. The summed E-state index contributed by atoms with van der Waals surface area (Å²) in [6, 6.07) is 3.11. The number of hydrogen-bond donors (Lipinski definition) is 2. The van der Waals surface area contributed by atoms with Gasteiger partial charge in [0.25, 0.3) is 5.69 Å². The number of nitrogens with zero attached hydrogens (tertiary/aromatic N) is 1. The van der Waals surface area contributed by atoms with E-state index in [1.807, 2.05) is 0 Å². The lowest BCUT2D eigenvalue weighted by Gasteiger charge is -2.14. The number of nitrogens with one attached hydrogen (secondary N) is 1. The maximum Gasteiger partial charge on any atom is 0.270 e. The Balaban J connectivity index is 2.23. The Labute approximate surface area is 122 Å². The lowest BCUT2D eigenvalue weighted by atomic mass is 10.3. The van der Waals surface area contributed by atoms with E-state index < -0.39 is 14.9 Å². The largest absolute Gasteiger partial charge is 0.398 e. The van der Waals surface area contributed by atoms with Gasteiger partial charge in [0.2, 0.25) is 10.0 Å². The summed E-state index contributed by atoms with van der Waals surface area (Å²) in [5.41, 5.74) is 5.30. The first-order valence-electron chi connectivity index (χ1n) is 6.42. The van der Waals surface area contributed by atoms with Crippen LogP contribution >= 0.6 is 0 Å². The number of nitrogen functional groups attached to an aromatic ring is 1. The van der Waals surface area contributed by atoms with Crippen molar-refractivity contribution in [3.05, 3.63) is 28.3 Å². The van der Waals surface area contributed by atoms with Gasteiger partial charge in [0, 0.05) is 25.3 Å². The third-order valence-corrected chi connectivity index (χ3v) is 5.11. The molecule has 1 fully saturated rings. The van der Waals surface area contributed by atoms with Crippen LogP contribution in [0.1, 0.15) is 19.3 Å². The van der Waals surface area contributed by atoms with Gasteiger partial charge in [-0.15, -0.1) is 0 Å². The monoisotopic (exact) mass is 315 g/mol. The maximum absolute atomic E-state index is 12.3. The third-order valence-electron chi connectivity index (χ3n) is 3.54. The molecule has 9 heteroatoms. The second kappa shape index (κ2) is 5.96. The average molecular weight is 315 g/mol. The van der Waals surface area contributed by atoms with Crippen LogP contribution in [0.4, 0.5) is 11.4 Å². The average Bonchev–Trinajstić information content (AvgIpc) is 2.85. The van der Waals surface area contributed by atoms with E-state index in [4.69, 9.17) is 10.5 Å². The fourth-order valence-corrected chi connectivity index (χ4v) is 3.85. The summed E-state index contributed by atoms with van der Waals surface area (Å²) < 4.78 is 32.4. The Morgan fingerprint density at radius 1 is 1.43 bits per heavy atom. The molecule has 0 spiro atoms. The maximum atomic E-state index is 12.3. The highest BCUT2D eigenvalue weighted by atomic mass is 32.2. The first-order valence-corrected chi connectivity index (χ1v) is 7.91. The quantitative estimate of drug-likeness (QED) is 0.475. The standard InChI is InChI=1S/C12H17N3O5S/c1-20-10-4-2-8(6-10)14-21(18,19)12-7-9(15(16)17)3-5-11(12)13/h3,5,7-8,10,14H,2,4,6,13H2,1H3. The van der Waals surface area contributed by atoms with Gasteiger partial charge >= 0.3 is 0 Å². The molecular formula is C12H17N3O5S. The van der Waals surface area contributed by atoms with Crippen molar-refractivity contribution in [3.63, 3.8) is 0 Å². The summed E-state index contributed by atoms with van der Waals surface area (Å²) in [6.45, 7) is 0. The van der Waals surface area contributed by atoms with Gasteiger partial charge in [0.05, 0.1) is 16.7 Å². The molecule has 0 heterocycles. The number of sulfonamides is 1. The molecule has 3 N–H and O–H groups in total. The molecule has 1 aliphatic rings. The molecule has 0 bridgehead atoms. The van der Waals surface area contributed by atoms with Crippen molar-refractivity contribution in [1.82, 2.24) is 4.72 Å². The van der Waals surface area contributed by atoms with Crippen molar-refractivity contribution in [2.75, 3.05) is 12.8 Å². The molecule has 0 amide bonds. The number of benzene rings is 1. The highest BCUT2D eigenvalue weighted by Crippen LogP contribution is 2.27. The van der Waals surface area contributed by atoms with Crippen molar-refractivity contribution >= 4 is 21.4 Å². The summed E-state index contributed by atoms with van der Waals surface area (Å²) in [5, 5.41) is 10.8. The van der Waals surface area contributed by atoms with Crippen LogP contribution in [0.15, 0.2) is 23.1 Å². The fourth-order valence-electron chi connectivity index (χ4n) is 2.41. The molecule has 0 aliphatic heterocycles. The van der Waals surface area contributed by atoms with Crippen LogP contribution in [0.25, 0.3) is 0 Å². The van der Waals surface area contributed by atoms with Crippen LogP contribution in [0.5, 0.6) is 0 Å². The van der Waals surface area contributed by atoms with Crippen molar-refractivity contribution in [2.45, 2.75) is 36.3 Å².